The highest BCUT2D eigenvalue weighted by molar-refractivity contribution is 5.89. The molecule has 1 heterocycles. The maximum atomic E-state index is 5.01. The summed E-state index contributed by atoms with van der Waals surface area (Å²) in [4.78, 5) is 14.6. The van der Waals surface area contributed by atoms with Crippen LogP contribution in [0.3, 0.4) is 0 Å². The van der Waals surface area contributed by atoms with Crippen LogP contribution in [0.5, 0.6) is 0 Å². The normalized spacial score (nSPS) is 11.0. The summed E-state index contributed by atoms with van der Waals surface area (Å²) in [5, 5.41) is 0. The van der Waals surface area contributed by atoms with Gasteiger partial charge in [0.05, 0.1) is 35.1 Å². The van der Waals surface area contributed by atoms with Crippen molar-refractivity contribution in [3.8, 4) is 22.4 Å². The van der Waals surface area contributed by atoms with E-state index in [1.54, 1.807) is 0 Å². The fourth-order valence-corrected chi connectivity index (χ4v) is 7.29. The minimum Gasteiger partial charge on any atom is -0.309 e. The summed E-state index contributed by atoms with van der Waals surface area (Å²) in [7, 11) is 0. The zero-order valence-electron chi connectivity index (χ0n) is 29.6. The second kappa shape index (κ2) is 13.9. The maximum absolute atomic E-state index is 5.01. The van der Waals surface area contributed by atoms with Crippen molar-refractivity contribution in [2.45, 2.75) is 41.5 Å². The summed E-state index contributed by atoms with van der Waals surface area (Å²) >= 11 is 0. The van der Waals surface area contributed by atoms with E-state index in [0.29, 0.717) is 0 Å². The molecule has 7 aromatic rings. The van der Waals surface area contributed by atoms with Gasteiger partial charge in [-0.1, -0.05) is 114 Å². The van der Waals surface area contributed by atoms with Gasteiger partial charge in [-0.05, 0) is 99.7 Å². The predicted molar refractivity (Wildman–Crippen MR) is 211 cm³/mol. The molecule has 0 atom stereocenters. The van der Waals surface area contributed by atoms with Gasteiger partial charge in [0.2, 0.25) is 0 Å². The van der Waals surface area contributed by atoms with Gasteiger partial charge in [0.1, 0.15) is 0 Å². The molecule has 1 aromatic heterocycles. The molecule has 0 unspecified atom stereocenters. The number of nitrogens with zero attached hydrogens (tertiary/aromatic N) is 4. The van der Waals surface area contributed by atoms with E-state index >= 15 is 0 Å². The summed E-state index contributed by atoms with van der Waals surface area (Å²) in [6, 6.07) is 47.2. The Bertz CT molecular complexity index is 2150. The predicted octanol–water partition coefficient (Wildman–Crippen LogP) is 12.6. The van der Waals surface area contributed by atoms with Crippen molar-refractivity contribution < 1.29 is 0 Å². The van der Waals surface area contributed by atoms with Crippen LogP contribution >= 0.6 is 0 Å². The van der Waals surface area contributed by atoms with Crippen molar-refractivity contribution in [1.82, 2.24) is 9.97 Å². The molecule has 246 valence electrons. The molecule has 0 aliphatic carbocycles. The second-order valence-corrected chi connectivity index (χ2v) is 13.2. The van der Waals surface area contributed by atoms with E-state index in [4.69, 9.17) is 9.97 Å². The van der Waals surface area contributed by atoms with Gasteiger partial charge in [-0.2, -0.15) is 0 Å². The standard InChI is InChI=1S/C46H42N4/c1-31-25-33(3)45(34(4)26-31)50(46-35(5)27-32(2)28-36(46)6)40-23-21-39(22-24-40)49(43-20-14-13-19-41(43)37-15-9-7-10-16-37)44-30-47-42(29-48-44)38-17-11-8-12-18-38/h7-30H,1-6H3. The van der Waals surface area contributed by atoms with Crippen LogP contribution in [0.4, 0.5) is 34.3 Å². The second-order valence-electron chi connectivity index (χ2n) is 13.2. The largest absolute Gasteiger partial charge is 0.309 e. The summed E-state index contributed by atoms with van der Waals surface area (Å²) in [5.41, 5.74) is 17.2. The van der Waals surface area contributed by atoms with E-state index in [-0.39, 0.29) is 0 Å². The Balaban J connectivity index is 1.39. The Kier molecular flexibility index (Phi) is 9.02. The van der Waals surface area contributed by atoms with E-state index in [0.717, 1.165) is 45.3 Å². The average Bonchev–Trinajstić information content (AvgIpc) is 3.12. The molecule has 0 bridgehead atoms. The van der Waals surface area contributed by atoms with E-state index in [9.17, 15) is 0 Å². The number of hydrogen-bond donors (Lipinski definition) is 0. The molecule has 0 N–H and O–H groups in total. The Morgan fingerprint density at radius 2 is 0.880 bits per heavy atom. The van der Waals surface area contributed by atoms with Crippen molar-refractivity contribution >= 4 is 34.3 Å². The first kappa shape index (κ1) is 32.5. The van der Waals surface area contributed by atoms with E-state index in [1.807, 2.05) is 30.6 Å². The van der Waals surface area contributed by atoms with Crippen LogP contribution in [0, 0.1) is 41.5 Å². The number of para-hydroxylation sites is 1. The molecule has 0 spiro atoms. The molecule has 0 aliphatic rings. The first-order valence-electron chi connectivity index (χ1n) is 17.2. The number of benzene rings is 6. The van der Waals surface area contributed by atoms with Gasteiger partial charge in [0.25, 0.3) is 0 Å². The van der Waals surface area contributed by atoms with Crippen molar-refractivity contribution in [2.75, 3.05) is 9.80 Å². The summed E-state index contributed by atoms with van der Waals surface area (Å²) in [6.45, 7) is 13.2. The molecule has 0 fully saturated rings. The Morgan fingerprint density at radius 3 is 1.38 bits per heavy atom. The maximum Gasteiger partial charge on any atom is 0.156 e. The number of aryl methyl sites for hydroxylation is 6. The van der Waals surface area contributed by atoms with Crippen LogP contribution in [0.1, 0.15) is 33.4 Å². The number of anilines is 6. The van der Waals surface area contributed by atoms with Gasteiger partial charge < -0.3 is 4.90 Å². The lowest BCUT2D eigenvalue weighted by atomic mass is 9.98. The molecule has 0 amide bonds. The fourth-order valence-electron chi connectivity index (χ4n) is 7.29. The first-order valence-corrected chi connectivity index (χ1v) is 17.2. The molecule has 0 aliphatic heterocycles. The fraction of sp³-hybridized carbons (Fsp3) is 0.130. The summed E-state index contributed by atoms with van der Waals surface area (Å²) in [6.07, 6.45) is 3.74. The van der Waals surface area contributed by atoms with Crippen LogP contribution in [-0.2, 0) is 0 Å². The molecule has 0 saturated carbocycles. The van der Waals surface area contributed by atoms with Gasteiger partial charge in [-0.3, -0.25) is 9.88 Å². The molecule has 7 rings (SSSR count). The molecular weight excluding hydrogens is 609 g/mol. The highest BCUT2D eigenvalue weighted by Gasteiger charge is 2.23. The molecule has 0 saturated heterocycles. The molecule has 4 nitrogen and oxygen atoms in total. The van der Waals surface area contributed by atoms with Crippen LogP contribution in [0.2, 0.25) is 0 Å². The van der Waals surface area contributed by atoms with Crippen LogP contribution in [0.15, 0.2) is 146 Å². The van der Waals surface area contributed by atoms with Crippen LogP contribution in [0.25, 0.3) is 22.4 Å². The Morgan fingerprint density at radius 1 is 0.420 bits per heavy atom. The quantitative estimate of drug-likeness (QED) is 0.164. The van der Waals surface area contributed by atoms with Crippen molar-refractivity contribution in [3.63, 3.8) is 0 Å². The Hall–Kier alpha value is -6.00. The molecular formula is C46H42N4. The van der Waals surface area contributed by atoms with E-state index < -0.39 is 0 Å². The SMILES string of the molecule is Cc1cc(C)c(N(c2ccc(N(c3cnc(-c4ccccc4)cn3)c3ccccc3-c3ccccc3)cc2)c2c(C)cc(C)cc2C)c(C)c1. The third kappa shape index (κ3) is 6.40. The topological polar surface area (TPSA) is 32.3 Å². The van der Waals surface area contributed by atoms with Gasteiger partial charge in [0, 0.05) is 22.5 Å². The monoisotopic (exact) mass is 650 g/mol. The van der Waals surface area contributed by atoms with E-state index in [2.05, 4.69) is 167 Å². The van der Waals surface area contributed by atoms with Crippen LogP contribution < -0.4 is 9.80 Å². The Labute approximate surface area is 296 Å². The number of aromatic nitrogens is 2. The van der Waals surface area contributed by atoms with Crippen LogP contribution in [-0.4, -0.2) is 9.97 Å². The lowest BCUT2D eigenvalue weighted by Gasteiger charge is -2.32. The zero-order chi connectivity index (χ0) is 34.8. The minimum atomic E-state index is 0.744. The molecule has 6 aromatic carbocycles. The van der Waals surface area contributed by atoms with Gasteiger partial charge in [-0.25, -0.2) is 4.98 Å². The van der Waals surface area contributed by atoms with Gasteiger partial charge in [0.15, 0.2) is 5.82 Å². The minimum absolute atomic E-state index is 0.744. The average molecular weight is 651 g/mol. The zero-order valence-corrected chi connectivity index (χ0v) is 29.6. The molecule has 0 radical (unpaired) electrons. The third-order valence-electron chi connectivity index (χ3n) is 9.25. The highest BCUT2D eigenvalue weighted by atomic mass is 15.2. The number of hydrogen-bond acceptors (Lipinski definition) is 4. The third-order valence-corrected chi connectivity index (χ3v) is 9.25. The van der Waals surface area contributed by atoms with E-state index in [1.165, 1.54) is 44.8 Å². The lowest BCUT2D eigenvalue weighted by Crippen LogP contribution is -2.17. The molecule has 50 heavy (non-hydrogen) atoms. The van der Waals surface area contributed by atoms with Gasteiger partial charge >= 0.3 is 0 Å². The smallest absolute Gasteiger partial charge is 0.156 e. The first-order chi connectivity index (χ1) is 24.3. The van der Waals surface area contributed by atoms with Crippen molar-refractivity contribution in [3.05, 3.63) is 179 Å². The summed E-state index contributed by atoms with van der Waals surface area (Å²) < 4.78 is 0. The van der Waals surface area contributed by atoms with Crippen molar-refractivity contribution in [1.29, 1.82) is 0 Å². The highest BCUT2D eigenvalue weighted by Crippen LogP contribution is 2.45. The lowest BCUT2D eigenvalue weighted by molar-refractivity contribution is 1.12. The number of rotatable bonds is 8. The van der Waals surface area contributed by atoms with Crippen molar-refractivity contribution in [2.24, 2.45) is 0 Å². The molecule has 4 heteroatoms. The van der Waals surface area contributed by atoms with Gasteiger partial charge in [-0.15, -0.1) is 0 Å². The summed E-state index contributed by atoms with van der Waals surface area (Å²) in [5.74, 6) is 0.744.